The second kappa shape index (κ2) is 5.89. The normalized spacial score (nSPS) is 33.4. The van der Waals surface area contributed by atoms with Crippen LogP contribution in [0.1, 0.15) is 16.8 Å². The van der Waals surface area contributed by atoms with E-state index in [0.29, 0.717) is 28.8 Å². The number of nitrogens with zero attached hydrogens (tertiary/aromatic N) is 1. The lowest BCUT2D eigenvalue weighted by molar-refractivity contribution is -0.124. The van der Waals surface area contributed by atoms with Crippen molar-refractivity contribution in [3.05, 3.63) is 72.3 Å². The Bertz CT molecular complexity index is 1040. The number of imide groups is 1. The molecule has 5 aliphatic rings. The summed E-state index contributed by atoms with van der Waals surface area (Å²) in [6, 6.07) is 15.4. The molecule has 3 fully saturated rings. The van der Waals surface area contributed by atoms with Crippen LogP contribution >= 0.6 is 0 Å². The molecule has 0 spiro atoms. The van der Waals surface area contributed by atoms with Crippen LogP contribution < -0.4 is 9.64 Å². The molecule has 7 rings (SSSR count). The van der Waals surface area contributed by atoms with E-state index in [1.165, 1.54) is 4.90 Å². The molecular formula is C24H19NO4. The van der Waals surface area contributed by atoms with E-state index in [1.54, 1.807) is 48.5 Å². The fourth-order valence-electron chi connectivity index (χ4n) is 5.64. The first-order chi connectivity index (χ1) is 14.1. The highest BCUT2D eigenvalue weighted by Gasteiger charge is 2.67. The molecule has 0 radical (unpaired) electrons. The van der Waals surface area contributed by atoms with E-state index >= 15 is 0 Å². The minimum Gasteiger partial charge on any atom is -0.423 e. The first-order valence-electron chi connectivity index (χ1n) is 10.1. The summed E-state index contributed by atoms with van der Waals surface area (Å²) in [5.74, 6) is 0.677. The molecule has 144 valence electrons. The van der Waals surface area contributed by atoms with Crippen LogP contribution in [-0.4, -0.2) is 17.8 Å². The Balaban J connectivity index is 1.30. The second-order valence-electron chi connectivity index (χ2n) is 8.42. The summed E-state index contributed by atoms with van der Waals surface area (Å²) in [5, 5.41) is 0. The molecule has 0 unspecified atom stereocenters. The fraction of sp³-hybridized carbons (Fsp3) is 0.292. The average Bonchev–Trinajstić information content (AvgIpc) is 3.52. The Kier molecular flexibility index (Phi) is 3.40. The maximum absolute atomic E-state index is 13.2. The van der Waals surface area contributed by atoms with Crippen molar-refractivity contribution in [2.24, 2.45) is 35.5 Å². The minimum absolute atomic E-state index is 0.127. The van der Waals surface area contributed by atoms with Crippen molar-refractivity contribution in [2.75, 3.05) is 4.90 Å². The van der Waals surface area contributed by atoms with Gasteiger partial charge in [0.25, 0.3) is 0 Å². The average molecular weight is 385 g/mol. The third-order valence-electron chi connectivity index (χ3n) is 6.96. The van der Waals surface area contributed by atoms with Crippen LogP contribution in [0.15, 0.2) is 66.7 Å². The zero-order valence-electron chi connectivity index (χ0n) is 15.6. The van der Waals surface area contributed by atoms with Crippen LogP contribution in [-0.2, 0) is 9.59 Å². The number of hydrogen-bond donors (Lipinski definition) is 0. The number of rotatable bonds is 3. The zero-order valence-corrected chi connectivity index (χ0v) is 15.6. The molecule has 2 saturated carbocycles. The smallest absolute Gasteiger partial charge is 0.343 e. The summed E-state index contributed by atoms with van der Waals surface area (Å²) >= 11 is 0. The lowest BCUT2D eigenvalue weighted by Crippen LogP contribution is -2.40. The Labute approximate surface area is 168 Å². The molecule has 5 heteroatoms. The molecule has 0 N–H and O–H groups in total. The molecule has 29 heavy (non-hydrogen) atoms. The van der Waals surface area contributed by atoms with E-state index in [-0.39, 0.29) is 35.5 Å². The number of esters is 1. The van der Waals surface area contributed by atoms with Crippen LogP contribution in [0, 0.1) is 35.5 Å². The Hall–Kier alpha value is -3.21. The largest absolute Gasteiger partial charge is 0.423 e. The van der Waals surface area contributed by atoms with Crippen LogP contribution in [0.3, 0.4) is 0 Å². The molecule has 1 heterocycles. The molecule has 2 amide bonds. The van der Waals surface area contributed by atoms with Crippen molar-refractivity contribution in [2.45, 2.75) is 6.42 Å². The lowest BCUT2D eigenvalue weighted by Gasteiger charge is -2.37. The van der Waals surface area contributed by atoms with Crippen LogP contribution in [0.5, 0.6) is 5.75 Å². The lowest BCUT2D eigenvalue weighted by atomic mass is 9.63. The maximum Gasteiger partial charge on any atom is 0.343 e. The molecule has 2 bridgehead atoms. The van der Waals surface area contributed by atoms with Gasteiger partial charge in [0.15, 0.2) is 0 Å². The number of anilines is 1. The van der Waals surface area contributed by atoms with Gasteiger partial charge in [0.1, 0.15) is 5.75 Å². The SMILES string of the molecule is O=C(Oc1ccccc1)c1cccc(N2C(=O)[C@@H]3[C@H]4C=C[C@@H]([C@@H]5C[C@H]45)[C@H]3C2=O)c1. The first kappa shape index (κ1) is 16.7. The number of benzene rings is 2. The van der Waals surface area contributed by atoms with Crippen molar-refractivity contribution >= 4 is 23.5 Å². The van der Waals surface area contributed by atoms with Gasteiger partial charge in [0.05, 0.1) is 23.1 Å². The van der Waals surface area contributed by atoms with Gasteiger partial charge in [-0.25, -0.2) is 9.69 Å². The molecule has 1 saturated heterocycles. The van der Waals surface area contributed by atoms with Crippen LogP contribution in [0.4, 0.5) is 5.69 Å². The van der Waals surface area contributed by atoms with Gasteiger partial charge in [0, 0.05) is 0 Å². The van der Waals surface area contributed by atoms with Crippen molar-refractivity contribution in [3.8, 4) is 5.75 Å². The molecule has 2 aromatic carbocycles. The third-order valence-corrected chi connectivity index (χ3v) is 6.96. The number of allylic oxidation sites excluding steroid dienone is 2. The van der Waals surface area contributed by atoms with Gasteiger partial charge in [-0.3, -0.25) is 9.59 Å². The molecule has 2 aromatic rings. The van der Waals surface area contributed by atoms with Gasteiger partial charge in [-0.2, -0.15) is 0 Å². The van der Waals surface area contributed by atoms with Crippen molar-refractivity contribution < 1.29 is 19.1 Å². The number of carbonyl (C=O) groups is 3. The number of ether oxygens (including phenoxy) is 1. The zero-order chi connectivity index (χ0) is 19.7. The molecule has 0 aromatic heterocycles. The Morgan fingerprint density at radius 1 is 0.862 bits per heavy atom. The second-order valence-corrected chi connectivity index (χ2v) is 8.42. The minimum atomic E-state index is -0.516. The van der Waals surface area contributed by atoms with Gasteiger partial charge < -0.3 is 4.74 Å². The van der Waals surface area contributed by atoms with Gasteiger partial charge >= 0.3 is 5.97 Å². The number of carbonyl (C=O) groups excluding carboxylic acids is 3. The number of hydrogen-bond acceptors (Lipinski definition) is 4. The quantitative estimate of drug-likeness (QED) is 0.351. The summed E-state index contributed by atoms with van der Waals surface area (Å²) in [6.07, 6.45) is 5.45. The van der Waals surface area contributed by atoms with E-state index in [2.05, 4.69) is 12.2 Å². The van der Waals surface area contributed by atoms with E-state index in [1.807, 2.05) is 6.07 Å². The monoisotopic (exact) mass is 385 g/mol. The number of amides is 2. The van der Waals surface area contributed by atoms with Crippen molar-refractivity contribution in [1.82, 2.24) is 0 Å². The number of para-hydroxylation sites is 1. The Morgan fingerprint density at radius 3 is 2.17 bits per heavy atom. The summed E-state index contributed by atoms with van der Waals surface area (Å²) in [4.78, 5) is 40.3. The predicted molar refractivity (Wildman–Crippen MR) is 105 cm³/mol. The van der Waals surface area contributed by atoms with E-state index in [4.69, 9.17) is 4.74 Å². The van der Waals surface area contributed by atoms with Gasteiger partial charge in [-0.1, -0.05) is 36.4 Å². The van der Waals surface area contributed by atoms with Gasteiger partial charge in [-0.15, -0.1) is 0 Å². The van der Waals surface area contributed by atoms with Crippen LogP contribution in [0.2, 0.25) is 0 Å². The molecular weight excluding hydrogens is 366 g/mol. The maximum atomic E-state index is 13.2. The highest BCUT2D eigenvalue weighted by Crippen LogP contribution is 2.65. The summed E-state index contributed by atoms with van der Waals surface area (Å²) in [5.41, 5.74) is 0.760. The third kappa shape index (κ3) is 2.36. The molecule has 1 aliphatic heterocycles. The molecule has 5 nitrogen and oxygen atoms in total. The van der Waals surface area contributed by atoms with Crippen molar-refractivity contribution in [1.29, 1.82) is 0 Å². The van der Waals surface area contributed by atoms with E-state index in [0.717, 1.165) is 6.42 Å². The molecule has 6 atom stereocenters. The highest BCUT2D eigenvalue weighted by atomic mass is 16.5. The summed E-state index contributed by atoms with van der Waals surface area (Å²) in [7, 11) is 0. The Morgan fingerprint density at radius 2 is 1.52 bits per heavy atom. The topological polar surface area (TPSA) is 63.7 Å². The first-order valence-corrected chi connectivity index (χ1v) is 10.1. The van der Waals surface area contributed by atoms with Crippen LogP contribution in [0.25, 0.3) is 0 Å². The fourth-order valence-corrected chi connectivity index (χ4v) is 5.64. The summed E-state index contributed by atoms with van der Waals surface area (Å²) < 4.78 is 5.39. The summed E-state index contributed by atoms with van der Waals surface area (Å²) in [6.45, 7) is 0. The highest BCUT2D eigenvalue weighted by molar-refractivity contribution is 6.23. The predicted octanol–water partition coefficient (Wildman–Crippen LogP) is 3.46. The molecule has 4 aliphatic carbocycles. The van der Waals surface area contributed by atoms with E-state index in [9.17, 15) is 14.4 Å². The van der Waals surface area contributed by atoms with E-state index < -0.39 is 5.97 Å². The standard InChI is InChI=1S/C24H19NO4/c26-22-20-16-9-10-17(19-12-18(16)19)21(20)23(27)25(22)14-6-4-5-13(11-14)24(28)29-15-7-2-1-3-8-15/h1-11,16-21H,12H2/t16-,17-,18-,19+,20+,21+/m0/s1. The van der Waals surface area contributed by atoms with Gasteiger partial charge in [-0.05, 0) is 60.4 Å². The van der Waals surface area contributed by atoms with Gasteiger partial charge in [0.2, 0.25) is 11.8 Å². The van der Waals surface area contributed by atoms with Crippen molar-refractivity contribution in [3.63, 3.8) is 0 Å².